The fourth-order valence-corrected chi connectivity index (χ4v) is 2.36. The lowest BCUT2D eigenvalue weighted by Gasteiger charge is -2.06. The van der Waals surface area contributed by atoms with Crippen molar-refractivity contribution >= 4 is 11.0 Å². The van der Waals surface area contributed by atoms with Crippen molar-refractivity contribution in [3.63, 3.8) is 0 Å². The highest BCUT2D eigenvalue weighted by atomic mass is 19.2. The molecule has 108 valence electrons. The third-order valence-corrected chi connectivity index (χ3v) is 3.44. The van der Waals surface area contributed by atoms with Gasteiger partial charge in [-0.05, 0) is 25.6 Å². The first-order chi connectivity index (χ1) is 10.2. The lowest BCUT2D eigenvalue weighted by molar-refractivity contribution is 0.510. The maximum Gasteiger partial charge on any atom is 0.161 e. The molecule has 21 heavy (non-hydrogen) atoms. The molecule has 1 heterocycles. The van der Waals surface area contributed by atoms with Gasteiger partial charge in [-0.1, -0.05) is 24.3 Å². The molecule has 0 bridgehead atoms. The molecule has 3 rings (SSSR count). The fraction of sp³-hybridized carbons (Fsp3) is 0.188. The predicted molar refractivity (Wildman–Crippen MR) is 79.1 cm³/mol. The molecule has 0 saturated heterocycles. The van der Waals surface area contributed by atoms with Crippen molar-refractivity contribution in [1.82, 2.24) is 15.3 Å². The van der Waals surface area contributed by atoms with Gasteiger partial charge in [0.1, 0.15) is 5.82 Å². The van der Waals surface area contributed by atoms with Crippen LogP contribution in [0.1, 0.15) is 5.56 Å². The van der Waals surface area contributed by atoms with Gasteiger partial charge in [-0.15, -0.1) is 0 Å². The van der Waals surface area contributed by atoms with E-state index < -0.39 is 11.6 Å². The number of rotatable bonds is 4. The topological polar surface area (TPSA) is 40.7 Å². The van der Waals surface area contributed by atoms with E-state index in [2.05, 4.69) is 15.3 Å². The quantitative estimate of drug-likeness (QED) is 0.773. The Hall–Kier alpha value is -2.27. The summed E-state index contributed by atoms with van der Waals surface area (Å²) in [6, 6.07) is 10.1. The molecule has 3 nitrogen and oxygen atoms in total. The van der Waals surface area contributed by atoms with Gasteiger partial charge < -0.3 is 10.3 Å². The number of benzene rings is 2. The number of fused-ring (bicyclic) bond motifs is 1. The SMILES string of the molecule is CNCCc1ccccc1-c1nc2cc(F)c(F)cc2[nH]1. The van der Waals surface area contributed by atoms with E-state index in [1.54, 1.807) is 0 Å². The van der Waals surface area contributed by atoms with Gasteiger partial charge in [0, 0.05) is 17.7 Å². The molecule has 0 atom stereocenters. The van der Waals surface area contributed by atoms with Gasteiger partial charge in [0.2, 0.25) is 0 Å². The summed E-state index contributed by atoms with van der Waals surface area (Å²) in [6.45, 7) is 0.848. The molecule has 0 saturated carbocycles. The smallest absolute Gasteiger partial charge is 0.161 e. The number of likely N-dealkylation sites (N-methyl/N-ethyl adjacent to an activating group) is 1. The van der Waals surface area contributed by atoms with Crippen LogP contribution in [-0.4, -0.2) is 23.6 Å². The van der Waals surface area contributed by atoms with Gasteiger partial charge in [0.05, 0.1) is 11.0 Å². The highest BCUT2D eigenvalue weighted by Gasteiger charge is 2.12. The molecule has 0 unspecified atom stereocenters. The van der Waals surface area contributed by atoms with E-state index in [9.17, 15) is 8.78 Å². The van der Waals surface area contributed by atoms with Gasteiger partial charge in [0.15, 0.2) is 11.6 Å². The lowest BCUT2D eigenvalue weighted by atomic mass is 10.0. The van der Waals surface area contributed by atoms with Crippen LogP contribution in [0.3, 0.4) is 0 Å². The highest BCUT2D eigenvalue weighted by molar-refractivity contribution is 5.80. The zero-order valence-corrected chi connectivity index (χ0v) is 11.6. The Labute approximate surface area is 121 Å². The summed E-state index contributed by atoms with van der Waals surface area (Å²) < 4.78 is 26.5. The summed E-state index contributed by atoms with van der Waals surface area (Å²) in [5, 5.41) is 3.11. The van der Waals surface area contributed by atoms with Crippen molar-refractivity contribution in [2.75, 3.05) is 13.6 Å². The maximum atomic E-state index is 13.3. The molecule has 0 amide bonds. The van der Waals surface area contributed by atoms with E-state index in [-0.39, 0.29) is 0 Å². The molecule has 2 N–H and O–H groups in total. The van der Waals surface area contributed by atoms with Crippen molar-refractivity contribution in [3.8, 4) is 11.4 Å². The predicted octanol–water partition coefficient (Wildman–Crippen LogP) is 3.27. The highest BCUT2D eigenvalue weighted by Crippen LogP contribution is 2.25. The van der Waals surface area contributed by atoms with Gasteiger partial charge in [-0.3, -0.25) is 0 Å². The monoisotopic (exact) mass is 287 g/mol. The second kappa shape index (κ2) is 5.61. The Morgan fingerprint density at radius 3 is 2.71 bits per heavy atom. The summed E-state index contributed by atoms with van der Waals surface area (Å²) in [5.41, 5.74) is 3.00. The largest absolute Gasteiger partial charge is 0.338 e. The molecule has 3 aromatic rings. The Kier molecular flexibility index (Phi) is 3.66. The van der Waals surface area contributed by atoms with E-state index in [0.29, 0.717) is 16.9 Å². The molecule has 0 aliphatic rings. The molecular weight excluding hydrogens is 272 g/mol. The summed E-state index contributed by atoms with van der Waals surface area (Å²) in [7, 11) is 1.90. The normalized spacial score (nSPS) is 11.2. The molecular formula is C16H15F2N3. The Balaban J connectivity index is 2.08. The molecule has 2 aromatic carbocycles. The average molecular weight is 287 g/mol. The molecule has 0 fully saturated rings. The molecule has 0 radical (unpaired) electrons. The van der Waals surface area contributed by atoms with E-state index in [1.165, 1.54) is 0 Å². The standard InChI is InChI=1S/C16H15F2N3/c1-19-7-6-10-4-2-3-5-11(10)16-20-14-8-12(17)13(18)9-15(14)21-16/h2-5,8-9,19H,6-7H2,1H3,(H,20,21). The number of nitrogens with one attached hydrogen (secondary N) is 2. The van der Waals surface area contributed by atoms with Crippen molar-refractivity contribution in [1.29, 1.82) is 0 Å². The number of halogens is 2. The van der Waals surface area contributed by atoms with Crippen LogP contribution in [0.2, 0.25) is 0 Å². The Bertz CT molecular complexity index is 741. The van der Waals surface area contributed by atoms with Crippen LogP contribution in [0.5, 0.6) is 0 Å². The van der Waals surface area contributed by atoms with E-state index in [1.807, 2.05) is 31.3 Å². The molecule has 5 heteroatoms. The second-order valence-corrected chi connectivity index (χ2v) is 4.88. The van der Waals surface area contributed by atoms with E-state index in [4.69, 9.17) is 0 Å². The minimum atomic E-state index is -0.885. The summed E-state index contributed by atoms with van der Waals surface area (Å²) in [5.74, 6) is -1.13. The van der Waals surface area contributed by atoms with Crippen LogP contribution in [0.15, 0.2) is 36.4 Å². The van der Waals surface area contributed by atoms with Crippen LogP contribution in [0, 0.1) is 11.6 Å². The second-order valence-electron chi connectivity index (χ2n) is 4.88. The van der Waals surface area contributed by atoms with Crippen molar-refractivity contribution in [3.05, 3.63) is 53.6 Å². The zero-order valence-electron chi connectivity index (χ0n) is 11.6. The van der Waals surface area contributed by atoms with Crippen molar-refractivity contribution in [2.45, 2.75) is 6.42 Å². The average Bonchev–Trinajstić information content (AvgIpc) is 2.88. The summed E-state index contributed by atoms with van der Waals surface area (Å²) in [6.07, 6.45) is 0.854. The van der Waals surface area contributed by atoms with E-state index >= 15 is 0 Å². The first-order valence-corrected chi connectivity index (χ1v) is 6.76. The van der Waals surface area contributed by atoms with Crippen LogP contribution in [-0.2, 0) is 6.42 Å². The number of H-pyrrole nitrogens is 1. The number of aromatic nitrogens is 2. The summed E-state index contributed by atoms with van der Waals surface area (Å²) >= 11 is 0. The fourth-order valence-electron chi connectivity index (χ4n) is 2.36. The maximum absolute atomic E-state index is 13.3. The minimum absolute atomic E-state index is 0.423. The number of imidazole rings is 1. The number of hydrogen-bond donors (Lipinski definition) is 2. The Morgan fingerprint density at radius 2 is 1.90 bits per heavy atom. The Morgan fingerprint density at radius 1 is 1.14 bits per heavy atom. The number of aromatic amines is 1. The number of nitrogens with zero attached hydrogens (tertiary/aromatic N) is 1. The molecule has 1 aromatic heterocycles. The van der Waals surface area contributed by atoms with Crippen LogP contribution in [0.4, 0.5) is 8.78 Å². The third-order valence-electron chi connectivity index (χ3n) is 3.44. The molecule has 0 spiro atoms. The first kappa shape index (κ1) is 13.7. The van der Waals surface area contributed by atoms with Gasteiger partial charge >= 0.3 is 0 Å². The lowest BCUT2D eigenvalue weighted by Crippen LogP contribution is -2.10. The first-order valence-electron chi connectivity index (χ1n) is 6.76. The number of hydrogen-bond acceptors (Lipinski definition) is 2. The van der Waals surface area contributed by atoms with Crippen LogP contribution < -0.4 is 5.32 Å². The van der Waals surface area contributed by atoms with Gasteiger partial charge in [-0.2, -0.15) is 0 Å². The van der Waals surface area contributed by atoms with Crippen molar-refractivity contribution in [2.24, 2.45) is 0 Å². The summed E-state index contributed by atoms with van der Waals surface area (Å²) in [4.78, 5) is 7.43. The van der Waals surface area contributed by atoms with Crippen molar-refractivity contribution < 1.29 is 8.78 Å². The third kappa shape index (κ3) is 2.64. The van der Waals surface area contributed by atoms with E-state index in [0.717, 1.165) is 36.2 Å². The van der Waals surface area contributed by atoms with Gasteiger partial charge in [-0.25, -0.2) is 13.8 Å². The molecule has 0 aliphatic carbocycles. The van der Waals surface area contributed by atoms with Crippen LogP contribution >= 0.6 is 0 Å². The minimum Gasteiger partial charge on any atom is -0.338 e. The molecule has 0 aliphatic heterocycles. The van der Waals surface area contributed by atoms with Crippen LogP contribution in [0.25, 0.3) is 22.4 Å². The zero-order chi connectivity index (χ0) is 14.8. The van der Waals surface area contributed by atoms with Gasteiger partial charge in [0.25, 0.3) is 0 Å².